The van der Waals surface area contributed by atoms with Gasteiger partial charge in [-0.1, -0.05) is 0 Å². The number of methoxy groups -OCH3 is 1. The van der Waals surface area contributed by atoms with Gasteiger partial charge in [-0.15, -0.1) is 11.6 Å². The van der Waals surface area contributed by atoms with Gasteiger partial charge in [0.25, 0.3) is 0 Å². The number of hydrogen-bond acceptors (Lipinski definition) is 2. The van der Waals surface area contributed by atoms with E-state index in [1.54, 1.807) is 19.1 Å². The molecule has 0 rings (SSSR count). The van der Waals surface area contributed by atoms with Crippen molar-refractivity contribution < 1.29 is 4.74 Å². The Morgan fingerprint density at radius 3 is 2.50 bits per heavy atom. The molecule has 0 atom stereocenters. The molecule has 48 valence electrons. The van der Waals surface area contributed by atoms with Crippen molar-refractivity contribution in [2.24, 2.45) is 0 Å². The molecule has 0 radical (unpaired) electrons. The summed E-state index contributed by atoms with van der Waals surface area (Å²) in [7, 11) is 3.37. The number of nitrogens with zero attached hydrogens (tertiary/aromatic N) is 1. The summed E-state index contributed by atoms with van der Waals surface area (Å²) in [5.74, 6) is 0.583. The molecule has 0 aromatic heterocycles. The summed E-state index contributed by atoms with van der Waals surface area (Å²) in [5, 5.41) is 0. The van der Waals surface area contributed by atoms with Crippen LogP contribution in [0.5, 0.6) is 0 Å². The number of hydrogen-bond donors (Lipinski definition) is 0. The Hall–Kier alpha value is -0.370. The molecule has 0 unspecified atom stereocenters. The topological polar surface area (TPSA) is 12.5 Å². The Morgan fingerprint density at radius 1 is 1.88 bits per heavy atom. The van der Waals surface area contributed by atoms with E-state index in [2.05, 4.69) is 6.58 Å². The highest BCUT2D eigenvalue weighted by molar-refractivity contribution is 6.17. The van der Waals surface area contributed by atoms with Crippen LogP contribution in [0.3, 0.4) is 0 Å². The zero-order valence-electron chi connectivity index (χ0n) is 5.15. The molecule has 0 aliphatic rings. The fraction of sp³-hybridized carbons (Fsp3) is 0.600. The molecule has 0 bridgehead atoms. The van der Waals surface area contributed by atoms with E-state index in [9.17, 15) is 0 Å². The normalized spacial score (nSPS) is 8.38. The van der Waals surface area contributed by atoms with E-state index < -0.39 is 0 Å². The van der Waals surface area contributed by atoms with Gasteiger partial charge in [0.1, 0.15) is 0 Å². The fourth-order valence-corrected chi connectivity index (χ4v) is 0.356. The Kier molecular flexibility index (Phi) is 3.44. The smallest absolute Gasteiger partial charge is 0.182 e. The molecule has 0 saturated heterocycles. The first-order chi connectivity index (χ1) is 3.72. The average molecular weight is 136 g/mol. The summed E-state index contributed by atoms with van der Waals surface area (Å²) >= 11 is 5.41. The molecule has 2 nitrogen and oxygen atoms in total. The Balaban J connectivity index is 3.46. The van der Waals surface area contributed by atoms with E-state index in [0.717, 1.165) is 0 Å². The minimum atomic E-state index is 0.409. The van der Waals surface area contributed by atoms with Crippen molar-refractivity contribution in [3.8, 4) is 0 Å². The van der Waals surface area contributed by atoms with Gasteiger partial charge in [-0.25, -0.2) is 0 Å². The lowest BCUT2D eigenvalue weighted by Crippen LogP contribution is -2.15. The summed E-state index contributed by atoms with van der Waals surface area (Å²) < 4.78 is 4.75. The van der Waals surface area contributed by atoms with Crippen LogP contribution in [-0.4, -0.2) is 25.1 Å². The van der Waals surface area contributed by atoms with Crippen molar-refractivity contribution in [3.05, 3.63) is 12.5 Å². The van der Waals surface area contributed by atoms with Crippen LogP contribution in [0.2, 0.25) is 0 Å². The van der Waals surface area contributed by atoms with E-state index in [1.807, 2.05) is 0 Å². The monoisotopic (exact) mass is 135 g/mol. The highest BCUT2D eigenvalue weighted by atomic mass is 35.5. The summed E-state index contributed by atoms with van der Waals surface area (Å²) in [5.41, 5.74) is 0. The fourth-order valence-electron chi connectivity index (χ4n) is 0.222. The Bertz CT molecular complexity index is 84.5. The van der Waals surface area contributed by atoms with Crippen LogP contribution in [0.25, 0.3) is 0 Å². The molecule has 8 heavy (non-hydrogen) atoms. The van der Waals surface area contributed by atoms with Crippen LogP contribution in [0.1, 0.15) is 0 Å². The maximum absolute atomic E-state index is 5.41. The lowest BCUT2D eigenvalue weighted by atomic mass is 10.8. The van der Waals surface area contributed by atoms with Gasteiger partial charge < -0.3 is 9.64 Å². The lowest BCUT2D eigenvalue weighted by Gasteiger charge is -2.15. The predicted molar refractivity (Wildman–Crippen MR) is 34.6 cm³/mol. The third-order valence-electron chi connectivity index (χ3n) is 0.841. The summed E-state index contributed by atoms with van der Waals surface area (Å²) in [6.07, 6.45) is 0. The van der Waals surface area contributed by atoms with Crippen molar-refractivity contribution in [3.63, 3.8) is 0 Å². The molecule has 0 aliphatic heterocycles. The maximum atomic E-state index is 5.41. The van der Waals surface area contributed by atoms with Gasteiger partial charge in [-0.3, -0.25) is 0 Å². The van der Waals surface area contributed by atoms with E-state index in [-0.39, 0.29) is 0 Å². The molecule has 0 aromatic carbocycles. The Labute approximate surface area is 54.7 Å². The Morgan fingerprint density at radius 2 is 2.38 bits per heavy atom. The first-order valence-electron chi connectivity index (χ1n) is 2.22. The summed E-state index contributed by atoms with van der Waals surface area (Å²) in [6.45, 7) is 3.56. The molecule has 0 N–H and O–H groups in total. The molecular formula is C5H10ClNO. The number of alkyl halides is 1. The predicted octanol–water partition coefficient (Wildman–Crippen LogP) is 1.23. The van der Waals surface area contributed by atoms with Crippen molar-refractivity contribution in [1.29, 1.82) is 0 Å². The average Bonchev–Trinajstić information content (AvgIpc) is 1.84. The number of rotatable bonds is 3. The SMILES string of the molecule is C=C(OC)N(C)CCl. The molecule has 0 saturated carbocycles. The van der Waals surface area contributed by atoms with E-state index >= 15 is 0 Å². The third kappa shape index (κ3) is 2.07. The number of ether oxygens (including phenoxy) is 1. The van der Waals surface area contributed by atoms with Gasteiger partial charge in [0.15, 0.2) is 5.88 Å². The van der Waals surface area contributed by atoms with Crippen molar-refractivity contribution in [1.82, 2.24) is 4.90 Å². The van der Waals surface area contributed by atoms with Gasteiger partial charge in [0, 0.05) is 7.05 Å². The molecule has 0 fully saturated rings. The highest BCUT2D eigenvalue weighted by Gasteiger charge is 1.95. The molecule has 0 amide bonds. The van der Waals surface area contributed by atoms with Gasteiger partial charge in [-0.2, -0.15) is 0 Å². The molecule has 0 heterocycles. The number of halogens is 1. The summed E-state index contributed by atoms with van der Waals surface area (Å²) in [4.78, 5) is 1.70. The van der Waals surface area contributed by atoms with Crippen LogP contribution < -0.4 is 0 Å². The minimum Gasteiger partial charge on any atom is -0.483 e. The highest BCUT2D eigenvalue weighted by Crippen LogP contribution is 1.97. The maximum Gasteiger partial charge on any atom is 0.182 e. The van der Waals surface area contributed by atoms with E-state index in [1.165, 1.54) is 0 Å². The van der Waals surface area contributed by atoms with E-state index in [0.29, 0.717) is 11.9 Å². The molecule has 0 spiro atoms. The minimum absolute atomic E-state index is 0.409. The summed E-state index contributed by atoms with van der Waals surface area (Å²) in [6, 6.07) is 0.409. The van der Waals surface area contributed by atoms with Gasteiger partial charge in [0.2, 0.25) is 0 Å². The van der Waals surface area contributed by atoms with Crippen LogP contribution in [-0.2, 0) is 4.74 Å². The zero-order valence-corrected chi connectivity index (χ0v) is 5.90. The second kappa shape index (κ2) is 3.61. The van der Waals surface area contributed by atoms with Crippen molar-refractivity contribution in [2.75, 3.05) is 20.2 Å². The van der Waals surface area contributed by atoms with Crippen LogP contribution in [0, 0.1) is 0 Å². The standard InChI is InChI=1S/C5H10ClNO/c1-5(8-3)7(2)4-6/h1,4H2,2-3H3. The molecule has 0 aliphatic carbocycles. The van der Waals surface area contributed by atoms with Gasteiger partial charge in [0.05, 0.1) is 13.1 Å². The zero-order chi connectivity index (χ0) is 6.57. The largest absolute Gasteiger partial charge is 0.483 e. The van der Waals surface area contributed by atoms with Crippen molar-refractivity contribution in [2.45, 2.75) is 0 Å². The quantitative estimate of drug-likeness (QED) is 0.328. The second-order valence-corrected chi connectivity index (χ2v) is 1.65. The third-order valence-corrected chi connectivity index (χ3v) is 1.20. The molecular weight excluding hydrogens is 126 g/mol. The molecule has 0 aromatic rings. The van der Waals surface area contributed by atoms with Crippen LogP contribution in [0.15, 0.2) is 12.5 Å². The molecule has 3 heteroatoms. The van der Waals surface area contributed by atoms with E-state index in [4.69, 9.17) is 16.3 Å². The van der Waals surface area contributed by atoms with Crippen LogP contribution in [0.4, 0.5) is 0 Å². The second-order valence-electron chi connectivity index (χ2n) is 1.42. The van der Waals surface area contributed by atoms with Crippen LogP contribution >= 0.6 is 11.6 Å². The van der Waals surface area contributed by atoms with Gasteiger partial charge >= 0.3 is 0 Å². The first kappa shape index (κ1) is 7.63. The first-order valence-corrected chi connectivity index (χ1v) is 2.75. The lowest BCUT2D eigenvalue weighted by molar-refractivity contribution is 0.191. The van der Waals surface area contributed by atoms with Gasteiger partial charge in [-0.05, 0) is 6.58 Å². The van der Waals surface area contributed by atoms with Crippen molar-refractivity contribution >= 4 is 11.6 Å².